The molecule has 0 spiro atoms. The van der Waals surface area contributed by atoms with E-state index in [0.717, 1.165) is 40.8 Å². The number of amides is 3. The minimum Gasteiger partial charge on any atom is -0.453 e. The summed E-state index contributed by atoms with van der Waals surface area (Å²) in [4.78, 5) is 50.7. The number of aromatic amines is 1. The molecular formula is C39H46N6O6S. The van der Waals surface area contributed by atoms with Gasteiger partial charge in [-0.25, -0.2) is 18.2 Å². The molecule has 0 unspecified atom stereocenters. The van der Waals surface area contributed by atoms with Crippen LogP contribution in [-0.4, -0.2) is 90.4 Å². The van der Waals surface area contributed by atoms with Gasteiger partial charge in [-0.1, -0.05) is 69.3 Å². The molecule has 3 N–H and O–H groups in total. The molecule has 1 aromatic heterocycles. The largest absolute Gasteiger partial charge is 0.453 e. The van der Waals surface area contributed by atoms with Crippen LogP contribution in [0.3, 0.4) is 0 Å². The van der Waals surface area contributed by atoms with Crippen LogP contribution in [0.15, 0.2) is 79.0 Å². The molecule has 13 heteroatoms. The second kappa shape index (κ2) is 15.3. The van der Waals surface area contributed by atoms with Crippen LogP contribution in [-0.2, 0) is 25.9 Å². The lowest BCUT2D eigenvalue weighted by Crippen LogP contribution is -2.54. The minimum atomic E-state index is -2.91. The van der Waals surface area contributed by atoms with Gasteiger partial charge in [0.25, 0.3) is 5.91 Å². The number of imidazole rings is 1. The van der Waals surface area contributed by atoms with Crippen molar-refractivity contribution in [3.05, 3.63) is 95.9 Å². The van der Waals surface area contributed by atoms with Crippen molar-refractivity contribution in [2.75, 3.05) is 43.6 Å². The van der Waals surface area contributed by atoms with Crippen molar-refractivity contribution in [2.45, 2.75) is 52.2 Å². The maximum atomic E-state index is 13.7. The number of rotatable bonds is 9. The summed E-state index contributed by atoms with van der Waals surface area (Å²) < 4.78 is 28.2. The average Bonchev–Trinajstić information content (AvgIpc) is 3.82. The molecule has 12 nitrogen and oxygen atoms in total. The molecule has 2 saturated heterocycles. The van der Waals surface area contributed by atoms with Gasteiger partial charge < -0.3 is 25.3 Å². The maximum Gasteiger partial charge on any atom is 0.407 e. The van der Waals surface area contributed by atoms with Crippen molar-refractivity contribution in [3.63, 3.8) is 0 Å². The molecule has 2 fully saturated rings. The summed E-state index contributed by atoms with van der Waals surface area (Å²) in [5.41, 5.74) is 5.53. The summed E-state index contributed by atoms with van der Waals surface area (Å²) in [7, 11) is -1.63. The van der Waals surface area contributed by atoms with Crippen LogP contribution in [0.5, 0.6) is 0 Å². The summed E-state index contributed by atoms with van der Waals surface area (Å²) in [6.07, 6.45) is 2.74. The van der Waals surface area contributed by atoms with Crippen molar-refractivity contribution in [3.8, 4) is 22.4 Å². The number of aromatic nitrogens is 2. The number of likely N-dealkylation sites (tertiary alicyclic amines) is 1. The Hall–Kier alpha value is -5.01. The predicted octanol–water partition coefficient (Wildman–Crippen LogP) is 5.66. The number of carbonyl (C=O) groups is 3. The van der Waals surface area contributed by atoms with Gasteiger partial charge in [-0.2, -0.15) is 0 Å². The number of carbonyl (C=O) groups excluding carboxylic acids is 3. The Morgan fingerprint density at radius 1 is 0.904 bits per heavy atom. The van der Waals surface area contributed by atoms with Gasteiger partial charge in [-0.05, 0) is 64.8 Å². The molecule has 0 radical (unpaired) electrons. The number of H-pyrrole nitrogens is 1. The van der Waals surface area contributed by atoms with Crippen molar-refractivity contribution in [2.24, 2.45) is 5.41 Å². The van der Waals surface area contributed by atoms with Crippen LogP contribution in [0.4, 0.5) is 10.5 Å². The number of methoxy groups -OCH3 is 1. The van der Waals surface area contributed by atoms with Crippen LogP contribution in [0.25, 0.3) is 22.4 Å². The van der Waals surface area contributed by atoms with Crippen molar-refractivity contribution < 1.29 is 27.5 Å². The zero-order valence-corrected chi connectivity index (χ0v) is 30.8. The summed E-state index contributed by atoms with van der Waals surface area (Å²) in [6.45, 7) is 8.06. The average molecular weight is 727 g/mol. The van der Waals surface area contributed by atoms with Gasteiger partial charge in [0, 0.05) is 37.4 Å². The zero-order valence-electron chi connectivity index (χ0n) is 30.0. The van der Waals surface area contributed by atoms with Gasteiger partial charge in [0.05, 0.1) is 36.5 Å². The smallest absolute Gasteiger partial charge is 0.407 e. The van der Waals surface area contributed by atoms with Gasteiger partial charge in [0.15, 0.2) is 9.84 Å². The summed E-state index contributed by atoms with van der Waals surface area (Å²) in [6, 6.07) is 22.2. The fourth-order valence-electron chi connectivity index (χ4n) is 6.68. The van der Waals surface area contributed by atoms with E-state index < -0.39 is 27.4 Å². The molecule has 6 rings (SSSR count). The van der Waals surface area contributed by atoms with Gasteiger partial charge in [-0.3, -0.25) is 14.5 Å². The molecule has 274 valence electrons. The Kier molecular flexibility index (Phi) is 10.8. The second-order valence-corrected chi connectivity index (χ2v) is 16.8. The first-order valence-electron chi connectivity index (χ1n) is 17.5. The highest BCUT2D eigenvalue weighted by Crippen LogP contribution is 2.34. The van der Waals surface area contributed by atoms with Crippen LogP contribution in [0.1, 0.15) is 61.4 Å². The first kappa shape index (κ1) is 36.8. The number of nitrogens with one attached hydrogen (secondary N) is 3. The lowest BCUT2D eigenvalue weighted by Gasteiger charge is -2.35. The lowest BCUT2D eigenvalue weighted by molar-refractivity contribution is -0.137. The first-order chi connectivity index (χ1) is 24.8. The molecule has 3 heterocycles. The number of alkyl carbamates (subject to hydrolysis) is 1. The number of hydrogen-bond donors (Lipinski definition) is 3. The molecule has 3 aromatic carbocycles. The van der Waals surface area contributed by atoms with E-state index in [0.29, 0.717) is 43.3 Å². The molecule has 52 heavy (non-hydrogen) atoms. The summed E-state index contributed by atoms with van der Waals surface area (Å²) in [5, 5.41) is 5.67. The standard InChI is InChI=1S/C39H46N6O6S/c1-39(2,3)34(43-38(48)51-4)37(47)45-19-5-6-33(45)35-40-24-32(42-35)29-13-9-27(10-14-29)28-11-15-30(16-12-28)36(46)41-31-17-7-26(8-18-31)25-44-20-22-52(49,50)23-21-44/h7-18,24,33-34H,5-6,19-23,25H2,1-4H3,(H,40,42)(H,41,46)(H,43,48)/t33-,34+/m0/s1. The van der Waals surface area contributed by atoms with E-state index in [-0.39, 0.29) is 29.4 Å². The molecule has 2 aliphatic heterocycles. The van der Waals surface area contributed by atoms with Gasteiger partial charge in [0.2, 0.25) is 5.91 Å². The molecular weight excluding hydrogens is 681 g/mol. The highest BCUT2D eigenvalue weighted by atomic mass is 32.2. The quantitative estimate of drug-likeness (QED) is 0.200. The summed E-state index contributed by atoms with van der Waals surface area (Å²) >= 11 is 0. The first-order valence-corrected chi connectivity index (χ1v) is 19.4. The van der Waals surface area contributed by atoms with Gasteiger partial charge >= 0.3 is 6.09 Å². The van der Waals surface area contributed by atoms with E-state index in [1.807, 2.05) is 81.4 Å². The molecule has 0 saturated carbocycles. The van der Waals surface area contributed by atoms with Crippen LogP contribution < -0.4 is 10.6 Å². The molecule has 0 bridgehead atoms. The Morgan fingerprint density at radius 2 is 1.52 bits per heavy atom. The van der Waals surface area contributed by atoms with Crippen LogP contribution in [0.2, 0.25) is 0 Å². The highest BCUT2D eigenvalue weighted by molar-refractivity contribution is 7.91. The second-order valence-electron chi connectivity index (χ2n) is 14.5. The topological polar surface area (TPSA) is 154 Å². The number of benzene rings is 3. The molecule has 0 aliphatic carbocycles. The number of hydrogen-bond acceptors (Lipinski definition) is 8. The van der Waals surface area contributed by atoms with Crippen molar-refractivity contribution in [1.82, 2.24) is 25.1 Å². The van der Waals surface area contributed by atoms with Crippen molar-refractivity contribution in [1.29, 1.82) is 0 Å². The van der Waals surface area contributed by atoms with Gasteiger partial charge in [-0.15, -0.1) is 0 Å². The lowest BCUT2D eigenvalue weighted by atomic mass is 9.85. The maximum absolute atomic E-state index is 13.7. The molecule has 2 aliphatic rings. The van der Waals surface area contributed by atoms with E-state index in [2.05, 4.69) is 25.5 Å². The molecule has 4 aromatic rings. The zero-order chi connectivity index (χ0) is 37.0. The highest BCUT2D eigenvalue weighted by Gasteiger charge is 2.41. The SMILES string of the molecule is COC(=O)N[C@H](C(=O)N1CCC[C@H]1c1ncc(-c2ccc(-c3ccc(C(=O)Nc4ccc(CN5CCS(=O)(=O)CC5)cc4)cc3)cc2)[nH]1)C(C)(C)C. The fraction of sp³-hybridized carbons (Fsp3) is 0.385. The Labute approximate surface area is 304 Å². The monoisotopic (exact) mass is 726 g/mol. The third-order valence-corrected chi connectivity index (χ3v) is 11.3. The van der Waals surface area contributed by atoms with E-state index in [1.54, 1.807) is 23.2 Å². The van der Waals surface area contributed by atoms with E-state index in [9.17, 15) is 22.8 Å². The van der Waals surface area contributed by atoms with Crippen LogP contribution in [0, 0.1) is 5.41 Å². The van der Waals surface area contributed by atoms with E-state index in [1.165, 1.54) is 7.11 Å². The molecule has 2 atom stereocenters. The van der Waals surface area contributed by atoms with Gasteiger partial charge in [0.1, 0.15) is 11.9 Å². The number of nitrogens with zero attached hydrogens (tertiary/aromatic N) is 3. The number of ether oxygens (including phenoxy) is 1. The third kappa shape index (κ3) is 8.71. The number of sulfone groups is 1. The van der Waals surface area contributed by atoms with E-state index >= 15 is 0 Å². The normalized spacial score (nSPS) is 18.1. The predicted molar refractivity (Wildman–Crippen MR) is 200 cm³/mol. The van der Waals surface area contributed by atoms with Crippen LogP contribution >= 0.6 is 0 Å². The fourth-order valence-corrected chi connectivity index (χ4v) is 7.96. The number of anilines is 1. The third-order valence-electron chi connectivity index (χ3n) is 9.74. The minimum absolute atomic E-state index is 0.160. The Morgan fingerprint density at radius 3 is 2.13 bits per heavy atom. The Bertz CT molecular complexity index is 1990. The van der Waals surface area contributed by atoms with E-state index in [4.69, 9.17) is 4.74 Å². The summed E-state index contributed by atoms with van der Waals surface area (Å²) in [5.74, 6) is 0.733. The van der Waals surface area contributed by atoms with Crippen molar-refractivity contribution >= 4 is 33.4 Å². The Balaban J connectivity index is 1.05. The molecule has 3 amide bonds.